The highest BCUT2D eigenvalue weighted by molar-refractivity contribution is 7.31. The van der Waals surface area contributed by atoms with Crippen LogP contribution < -0.4 is 0 Å². The van der Waals surface area contributed by atoms with E-state index in [1.807, 2.05) is 0 Å². The van der Waals surface area contributed by atoms with Crippen molar-refractivity contribution in [3.05, 3.63) is 13.2 Å². The molecule has 0 atom stereocenters. The van der Waals surface area contributed by atoms with Gasteiger partial charge in [0.2, 0.25) is 0 Å². The van der Waals surface area contributed by atoms with Gasteiger partial charge in [0.25, 0.3) is 0 Å². The van der Waals surface area contributed by atoms with Crippen molar-refractivity contribution < 1.29 is 34.2 Å². The average molecular weight is 210 g/mol. The zero-order valence-electron chi connectivity index (χ0n) is 5.52. The standard InChI is InChI=1S/C2H4.2H3O3P.H2O/c1-2;2*1-4(2)3;/h1-2H2;2*4H,(H2,1,2,3);1H2. The Bertz CT molecular complexity index is 82.6. The molecule has 9 heteroatoms. The Hall–Kier alpha value is -0.0000000000000000416. The van der Waals surface area contributed by atoms with E-state index >= 15 is 0 Å². The lowest BCUT2D eigenvalue weighted by Gasteiger charge is -1.61. The van der Waals surface area contributed by atoms with Crippen LogP contribution in [0.3, 0.4) is 0 Å². The first-order valence-electron chi connectivity index (χ1n) is 1.80. The highest BCUT2D eigenvalue weighted by Gasteiger charge is 1.62. The minimum atomic E-state index is -3.13. The first-order chi connectivity index (χ1) is 4.46. The Morgan fingerprint density at radius 3 is 0.818 bits per heavy atom. The molecule has 0 aromatic carbocycles. The van der Waals surface area contributed by atoms with Gasteiger partial charge in [-0.25, -0.2) is 0 Å². The lowest BCUT2D eigenvalue weighted by Crippen LogP contribution is -1.38. The molecule has 6 N–H and O–H groups in total. The molecule has 0 radical (unpaired) electrons. The van der Waals surface area contributed by atoms with Gasteiger partial charge in [-0.3, -0.25) is 9.13 Å². The molecular weight excluding hydrogens is 198 g/mol. The lowest BCUT2D eigenvalue weighted by molar-refractivity contribution is 0.403. The van der Waals surface area contributed by atoms with Crippen molar-refractivity contribution in [1.29, 1.82) is 0 Å². The SMILES string of the molecule is C=C.O.O=[PH](O)O.O=[PH](O)O. The third-order valence-electron chi connectivity index (χ3n) is 0. The topological polar surface area (TPSA) is 147 Å². The molecule has 0 unspecified atom stereocenters. The predicted octanol–water partition coefficient (Wildman–Crippen LogP) is -1.30. The number of hydrogen-bond acceptors (Lipinski definition) is 2. The monoisotopic (exact) mass is 210 g/mol. The molecule has 0 saturated carbocycles. The first kappa shape index (κ1) is 22.4. The van der Waals surface area contributed by atoms with Crippen LogP contribution in [0.4, 0.5) is 0 Å². The van der Waals surface area contributed by atoms with E-state index in [2.05, 4.69) is 13.2 Å². The summed E-state index contributed by atoms with van der Waals surface area (Å²) >= 11 is 0. The van der Waals surface area contributed by atoms with Crippen molar-refractivity contribution in [3.63, 3.8) is 0 Å². The van der Waals surface area contributed by atoms with Crippen LogP contribution in [-0.2, 0) is 9.13 Å². The largest absolute Gasteiger partial charge is 0.412 e. The summed E-state index contributed by atoms with van der Waals surface area (Å²) in [7, 11) is -6.26. The molecule has 0 amide bonds. The van der Waals surface area contributed by atoms with E-state index < -0.39 is 16.5 Å². The van der Waals surface area contributed by atoms with Gasteiger partial charge in [-0.2, -0.15) is 0 Å². The smallest absolute Gasteiger partial charge is 0.314 e. The molecule has 0 bridgehead atoms. The Labute approximate surface area is 64.8 Å². The van der Waals surface area contributed by atoms with E-state index in [0.717, 1.165) is 0 Å². The third-order valence-corrected chi connectivity index (χ3v) is 0. The maximum atomic E-state index is 8.74. The Morgan fingerprint density at radius 2 is 0.818 bits per heavy atom. The first-order valence-corrected chi connectivity index (χ1v) is 4.41. The molecule has 0 fully saturated rings. The summed E-state index contributed by atoms with van der Waals surface area (Å²) in [6.07, 6.45) is 0. The van der Waals surface area contributed by atoms with Gasteiger partial charge in [0.05, 0.1) is 0 Å². The van der Waals surface area contributed by atoms with E-state index in [9.17, 15) is 0 Å². The van der Waals surface area contributed by atoms with Gasteiger partial charge in [0, 0.05) is 0 Å². The molecule has 0 aliphatic heterocycles. The van der Waals surface area contributed by atoms with Gasteiger partial charge in [0.1, 0.15) is 0 Å². The van der Waals surface area contributed by atoms with Crippen LogP contribution in [0.5, 0.6) is 0 Å². The average Bonchev–Trinajstić information content (AvgIpc) is 1.66. The van der Waals surface area contributed by atoms with E-state index in [1.165, 1.54) is 0 Å². The third kappa shape index (κ3) is 368999999999999985105407004949610496. The van der Waals surface area contributed by atoms with E-state index in [1.54, 1.807) is 0 Å². The van der Waals surface area contributed by atoms with Gasteiger partial charge < -0.3 is 25.0 Å². The molecule has 0 aromatic rings. The van der Waals surface area contributed by atoms with Gasteiger partial charge in [-0.1, -0.05) is 0 Å². The van der Waals surface area contributed by atoms with Crippen LogP contribution in [0.2, 0.25) is 0 Å². The molecule has 0 aromatic heterocycles. The maximum absolute atomic E-state index is 8.74. The number of hydrogen-bond donors (Lipinski definition) is 4. The molecule has 0 heterocycles. The summed E-state index contributed by atoms with van der Waals surface area (Å²) in [6.45, 7) is 6.00. The van der Waals surface area contributed by atoms with Crippen LogP contribution in [0.25, 0.3) is 0 Å². The van der Waals surface area contributed by atoms with Gasteiger partial charge in [-0.15, -0.1) is 13.2 Å². The molecular formula is C2H12O7P2. The second kappa shape index (κ2) is 22.5. The summed E-state index contributed by atoms with van der Waals surface area (Å²) in [5.41, 5.74) is 0. The van der Waals surface area contributed by atoms with Crippen LogP contribution in [0, 0.1) is 0 Å². The quantitative estimate of drug-likeness (QED) is 0.288. The Kier molecular flexibility index (Phi) is 45.9. The number of rotatable bonds is 0. The molecule has 0 aliphatic rings. The van der Waals surface area contributed by atoms with Gasteiger partial charge in [-0.05, 0) is 0 Å². The van der Waals surface area contributed by atoms with E-state index in [0.29, 0.717) is 0 Å². The second-order valence-corrected chi connectivity index (χ2v) is 1.70. The minimum Gasteiger partial charge on any atom is -0.412 e. The van der Waals surface area contributed by atoms with Crippen LogP contribution in [0.15, 0.2) is 13.2 Å². The van der Waals surface area contributed by atoms with Crippen LogP contribution in [-0.4, -0.2) is 25.0 Å². The van der Waals surface area contributed by atoms with Crippen molar-refractivity contribution in [3.8, 4) is 0 Å². The summed E-state index contributed by atoms with van der Waals surface area (Å²) < 4.78 is 17.5. The van der Waals surface area contributed by atoms with Crippen molar-refractivity contribution in [2.75, 3.05) is 0 Å². The fraction of sp³-hybridized carbons (Fsp3) is 0. The van der Waals surface area contributed by atoms with Crippen molar-refractivity contribution in [1.82, 2.24) is 0 Å². The Morgan fingerprint density at radius 1 is 0.818 bits per heavy atom. The molecule has 7 nitrogen and oxygen atoms in total. The van der Waals surface area contributed by atoms with E-state index in [4.69, 9.17) is 28.7 Å². The zero-order valence-corrected chi connectivity index (χ0v) is 7.52. The van der Waals surface area contributed by atoms with Crippen LogP contribution in [0.1, 0.15) is 0 Å². The second-order valence-electron chi connectivity index (χ2n) is 0.565. The highest BCUT2D eigenvalue weighted by Crippen LogP contribution is 1.98. The zero-order chi connectivity index (χ0) is 9.15. The molecule has 0 aliphatic carbocycles. The normalized spacial score (nSPS) is 6.73. The van der Waals surface area contributed by atoms with Gasteiger partial charge in [0.15, 0.2) is 0 Å². The van der Waals surface area contributed by atoms with Gasteiger partial charge >= 0.3 is 16.5 Å². The summed E-state index contributed by atoms with van der Waals surface area (Å²) in [5.74, 6) is 0. The van der Waals surface area contributed by atoms with Crippen molar-refractivity contribution in [2.45, 2.75) is 0 Å². The summed E-state index contributed by atoms with van der Waals surface area (Å²) in [5, 5.41) is 0. The van der Waals surface area contributed by atoms with Crippen LogP contribution >= 0.6 is 16.5 Å². The highest BCUT2D eigenvalue weighted by atomic mass is 31.1. The molecule has 0 spiro atoms. The minimum absolute atomic E-state index is 0. The Balaban J connectivity index is -0.0000000339. The lowest BCUT2D eigenvalue weighted by atomic mass is 11.3. The van der Waals surface area contributed by atoms with Crippen molar-refractivity contribution in [2.24, 2.45) is 0 Å². The molecule has 72 valence electrons. The molecule has 0 saturated heterocycles. The van der Waals surface area contributed by atoms with Crippen molar-refractivity contribution >= 4 is 16.5 Å². The molecule has 11 heavy (non-hydrogen) atoms. The fourth-order valence-corrected chi connectivity index (χ4v) is 0. The summed E-state index contributed by atoms with van der Waals surface area (Å²) in [6, 6.07) is 0. The summed E-state index contributed by atoms with van der Waals surface area (Å²) in [4.78, 5) is 28.6. The fourth-order valence-electron chi connectivity index (χ4n) is 0. The van der Waals surface area contributed by atoms with E-state index in [-0.39, 0.29) is 5.48 Å². The predicted molar refractivity (Wildman–Crippen MR) is 41.7 cm³/mol. The molecule has 0 rings (SSSR count). The maximum Gasteiger partial charge on any atom is 0.314 e.